The summed E-state index contributed by atoms with van der Waals surface area (Å²) in [4.78, 5) is 29.0. The Morgan fingerprint density at radius 3 is 2.26 bits per heavy atom. The van der Waals surface area contributed by atoms with Gasteiger partial charge in [0, 0.05) is 20.0 Å². The van der Waals surface area contributed by atoms with Crippen LogP contribution in [0, 0.1) is 5.92 Å². The van der Waals surface area contributed by atoms with Crippen LogP contribution in [0.5, 0.6) is 0 Å². The zero-order valence-electron chi connectivity index (χ0n) is 19.8. The highest BCUT2D eigenvalue weighted by Crippen LogP contribution is 2.09. The fourth-order valence-corrected chi connectivity index (χ4v) is 3.25. The van der Waals surface area contributed by atoms with Gasteiger partial charge in [0.25, 0.3) is 0 Å². The lowest BCUT2D eigenvalue weighted by atomic mass is 9.75. The van der Waals surface area contributed by atoms with Crippen LogP contribution in [-0.2, 0) is 9.59 Å². The number of guanidine groups is 1. The van der Waals surface area contributed by atoms with Gasteiger partial charge in [-0.2, -0.15) is 0 Å². The third-order valence-electron chi connectivity index (χ3n) is 5.04. The normalized spacial score (nSPS) is 13.6. The fourth-order valence-electron chi connectivity index (χ4n) is 3.25. The van der Waals surface area contributed by atoms with Gasteiger partial charge >= 0.3 is 7.12 Å². The zero-order valence-corrected chi connectivity index (χ0v) is 19.8. The minimum atomic E-state index is -1.66. The third-order valence-corrected chi connectivity index (χ3v) is 5.04. The maximum Gasteiger partial charge on any atom is 0.475 e. The van der Waals surface area contributed by atoms with Crippen LogP contribution in [0.15, 0.2) is 4.99 Å². The van der Waals surface area contributed by atoms with Crippen LogP contribution < -0.4 is 21.7 Å². The second kappa shape index (κ2) is 17.8. The van der Waals surface area contributed by atoms with Crippen molar-refractivity contribution in [2.45, 2.75) is 97.0 Å². The highest BCUT2D eigenvalue weighted by Gasteiger charge is 2.29. The molecule has 31 heavy (non-hydrogen) atoms. The molecule has 7 N–H and O–H groups in total. The Kier molecular flexibility index (Phi) is 16.8. The van der Waals surface area contributed by atoms with Gasteiger partial charge in [0.1, 0.15) is 6.04 Å². The molecule has 0 aromatic carbocycles. The molecule has 0 saturated carbocycles. The highest BCUT2D eigenvalue weighted by molar-refractivity contribution is 6.43. The predicted molar refractivity (Wildman–Crippen MR) is 126 cm³/mol. The Morgan fingerprint density at radius 2 is 1.68 bits per heavy atom. The molecule has 0 unspecified atom stereocenters. The Labute approximate surface area is 188 Å². The molecule has 0 spiro atoms. The lowest BCUT2D eigenvalue weighted by Crippen LogP contribution is -2.54. The van der Waals surface area contributed by atoms with Crippen LogP contribution in [0.1, 0.15) is 85.0 Å². The number of carbonyl (C=O) groups is 2. The molecule has 2 atom stereocenters. The Hall–Kier alpha value is -1.81. The lowest BCUT2D eigenvalue weighted by molar-refractivity contribution is -0.129. The smallest absolute Gasteiger partial charge is 0.426 e. The molecule has 9 nitrogen and oxygen atoms in total. The van der Waals surface area contributed by atoms with Crippen molar-refractivity contribution in [3.63, 3.8) is 0 Å². The number of amides is 2. The van der Waals surface area contributed by atoms with Gasteiger partial charge in [0.15, 0.2) is 5.96 Å². The van der Waals surface area contributed by atoms with E-state index in [1.165, 1.54) is 19.3 Å². The summed E-state index contributed by atoms with van der Waals surface area (Å²) in [6, 6.07) is -0.748. The van der Waals surface area contributed by atoms with E-state index in [2.05, 4.69) is 27.9 Å². The van der Waals surface area contributed by atoms with Crippen molar-refractivity contribution in [2.75, 3.05) is 13.6 Å². The second-order valence-corrected chi connectivity index (χ2v) is 8.47. The van der Waals surface area contributed by atoms with Crippen molar-refractivity contribution in [1.29, 1.82) is 0 Å². The quantitative estimate of drug-likeness (QED) is 0.0861. The molecule has 0 aliphatic heterocycles. The van der Waals surface area contributed by atoms with Crippen LogP contribution in [0.25, 0.3) is 0 Å². The predicted octanol–water partition coefficient (Wildman–Crippen LogP) is 1.08. The first-order valence-electron chi connectivity index (χ1n) is 11.6. The van der Waals surface area contributed by atoms with E-state index in [-0.39, 0.29) is 11.8 Å². The number of nitrogens with one attached hydrogen (secondary N) is 3. The van der Waals surface area contributed by atoms with E-state index < -0.39 is 25.0 Å². The molecular formula is C21H44BN5O4. The first-order chi connectivity index (χ1) is 14.7. The van der Waals surface area contributed by atoms with Gasteiger partial charge in [-0.25, -0.2) is 0 Å². The summed E-state index contributed by atoms with van der Waals surface area (Å²) in [5, 5.41) is 27.6. The van der Waals surface area contributed by atoms with Crippen molar-refractivity contribution < 1.29 is 19.6 Å². The minimum absolute atomic E-state index is 0.164. The van der Waals surface area contributed by atoms with E-state index in [9.17, 15) is 19.6 Å². The number of hydrogen-bond donors (Lipinski definition) is 6. The van der Waals surface area contributed by atoms with E-state index in [0.717, 1.165) is 19.3 Å². The Bertz CT molecular complexity index is 532. The molecule has 0 heterocycles. The molecule has 0 aliphatic rings. The van der Waals surface area contributed by atoms with Crippen LogP contribution >= 0.6 is 0 Å². The van der Waals surface area contributed by atoms with Crippen molar-refractivity contribution in [2.24, 2.45) is 16.6 Å². The Morgan fingerprint density at radius 1 is 1.03 bits per heavy atom. The summed E-state index contributed by atoms with van der Waals surface area (Å²) >= 11 is 0. The van der Waals surface area contributed by atoms with Crippen molar-refractivity contribution in [1.82, 2.24) is 16.0 Å². The molecule has 2 amide bonds. The van der Waals surface area contributed by atoms with Crippen LogP contribution in [0.4, 0.5) is 0 Å². The standard InChI is InChI=1S/C21H44BN5O4/c1-5-6-7-8-9-10-13-19(28)26-17(12-11-14-25-21(23)24-4)20(29)27-18(22(30)31)15-16(2)3/h16-18,30-31H,5-15H2,1-4H3,(H,26,28)(H,27,29)(H3,23,24,25)/t17-,18-/m0/s1. The van der Waals surface area contributed by atoms with Crippen molar-refractivity contribution >= 4 is 24.9 Å². The Balaban J connectivity index is 4.77. The van der Waals surface area contributed by atoms with Gasteiger partial charge in [-0.15, -0.1) is 0 Å². The van der Waals surface area contributed by atoms with E-state index >= 15 is 0 Å². The summed E-state index contributed by atoms with van der Waals surface area (Å²) in [5.74, 6) is -0.872. The molecule has 0 bridgehead atoms. The largest absolute Gasteiger partial charge is 0.475 e. The molecule has 0 fully saturated rings. The molecular weight excluding hydrogens is 397 g/mol. The molecule has 10 heteroatoms. The first kappa shape index (κ1) is 29.2. The van der Waals surface area contributed by atoms with Gasteiger partial charge in [0.05, 0.1) is 5.94 Å². The van der Waals surface area contributed by atoms with Gasteiger partial charge < -0.3 is 31.7 Å². The number of nitrogens with zero attached hydrogens (tertiary/aromatic N) is 1. The molecule has 0 radical (unpaired) electrons. The molecule has 0 rings (SSSR count). The second-order valence-electron chi connectivity index (χ2n) is 8.47. The van der Waals surface area contributed by atoms with Crippen LogP contribution in [0.2, 0.25) is 0 Å². The summed E-state index contributed by atoms with van der Waals surface area (Å²) in [6.07, 6.45) is 8.26. The van der Waals surface area contributed by atoms with E-state index in [1.807, 2.05) is 13.8 Å². The zero-order chi connectivity index (χ0) is 23.6. The van der Waals surface area contributed by atoms with Crippen molar-refractivity contribution in [3.05, 3.63) is 0 Å². The summed E-state index contributed by atoms with van der Waals surface area (Å²) in [5.41, 5.74) is 5.61. The number of nitrogens with two attached hydrogens (primary N) is 1. The molecule has 0 aromatic rings. The summed E-state index contributed by atoms with van der Waals surface area (Å²) < 4.78 is 0. The lowest BCUT2D eigenvalue weighted by Gasteiger charge is -2.24. The SMILES string of the molecule is CCCCCCCCC(=O)N[C@@H](CCCNC(N)=NC)C(=O)N[C@@H](CC(C)C)B(O)O. The monoisotopic (exact) mass is 441 g/mol. The van der Waals surface area contributed by atoms with Gasteiger partial charge in [-0.1, -0.05) is 52.9 Å². The molecule has 0 aliphatic carbocycles. The first-order valence-corrected chi connectivity index (χ1v) is 11.6. The highest BCUT2D eigenvalue weighted by atomic mass is 16.4. The molecule has 180 valence electrons. The van der Waals surface area contributed by atoms with Gasteiger partial charge in [0.2, 0.25) is 11.8 Å². The molecule has 0 saturated heterocycles. The minimum Gasteiger partial charge on any atom is -0.426 e. The summed E-state index contributed by atoms with van der Waals surface area (Å²) in [7, 11) is -0.0797. The van der Waals surface area contributed by atoms with Gasteiger partial charge in [-0.3, -0.25) is 14.6 Å². The number of carbonyl (C=O) groups excluding carboxylic acids is 2. The van der Waals surface area contributed by atoms with E-state index in [1.54, 1.807) is 7.05 Å². The average molecular weight is 441 g/mol. The maximum absolute atomic E-state index is 12.8. The van der Waals surface area contributed by atoms with E-state index in [0.29, 0.717) is 38.2 Å². The molecule has 0 aromatic heterocycles. The van der Waals surface area contributed by atoms with Gasteiger partial charge in [-0.05, 0) is 31.6 Å². The topological polar surface area (TPSA) is 149 Å². The summed E-state index contributed by atoms with van der Waals surface area (Å²) in [6.45, 7) is 6.55. The number of hydrogen-bond acceptors (Lipinski definition) is 5. The fraction of sp³-hybridized carbons (Fsp3) is 0.857. The third kappa shape index (κ3) is 15.6. The number of unbranched alkanes of at least 4 members (excludes halogenated alkanes) is 5. The number of rotatable bonds is 17. The van der Waals surface area contributed by atoms with Crippen LogP contribution in [-0.4, -0.2) is 60.5 Å². The van der Waals surface area contributed by atoms with Crippen LogP contribution in [0.3, 0.4) is 0 Å². The number of aliphatic imine (C=N–C) groups is 1. The maximum atomic E-state index is 12.8. The van der Waals surface area contributed by atoms with Crippen molar-refractivity contribution in [3.8, 4) is 0 Å². The average Bonchev–Trinajstić information content (AvgIpc) is 2.71. The van der Waals surface area contributed by atoms with E-state index in [4.69, 9.17) is 5.73 Å².